The van der Waals surface area contributed by atoms with Crippen molar-refractivity contribution in [2.24, 2.45) is 0 Å². The SMILES string of the molecule is O=C(CN1CCS(=O)(=O)CC1)Nc1ccccc1Sc1ccc(Cl)cc1. The van der Waals surface area contributed by atoms with Crippen LogP contribution in [0.3, 0.4) is 0 Å². The van der Waals surface area contributed by atoms with Gasteiger partial charge in [0, 0.05) is 27.9 Å². The number of nitrogens with one attached hydrogen (secondary N) is 1. The molecular weight excluding hydrogens is 392 g/mol. The maximum Gasteiger partial charge on any atom is 0.238 e. The van der Waals surface area contributed by atoms with Gasteiger partial charge in [-0.1, -0.05) is 35.5 Å². The summed E-state index contributed by atoms with van der Waals surface area (Å²) in [5.41, 5.74) is 0.738. The average molecular weight is 411 g/mol. The summed E-state index contributed by atoms with van der Waals surface area (Å²) in [7, 11) is -2.94. The summed E-state index contributed by atoms with van der Waals surface area (Å²) >= 11 is 7.46. The fourth-order valence-electron chi connectivity index (χ4n) is 2.59. The predicted octanol–water partition coefficient (Wildman–Crippen LogP) is 3.16. The van der Waals surface area contributed by atoms with E-state index in [2.05, 4.69) is 5.32 Å². The van der Waals surface area contributed by atoms with Crippen LogP contribution in [0.4, 0.5) is 5.69 Å². The molecule has 138 valence electrons. The van der Waals surface area contributed by atoms with Gasteiger partial charge in [-0.2, -0.15) is 0 Å². The Hall–Kier alpha value is -1.54. The maximum absolute atomic E-state index is 12.4. The molecule has 1 aliphatic heterocycles. The number of carbonyl (C=O) groups excluding carboxylic acids is 1. The molecule has 8 heteroatoms. The van der Waals surface area contributed by atoms with Crippen LogP contribution in [0, 0.1) is 0 Å². The molecule has 5 nitrogen and oxygen atoms in total. The molecule has 1 saturated heterocycles. The zero-order valence-electron chi connectivity index (χ0n) is 14.0. The van der Waals surface area contributed by atoms with E-state index < -0.39 is 9.84 Å². The van der Waals surface area contributed by atoms with E-state index in [4.69, 9.17) is 11.6 Å². The Morgan fingerprint density at radius 3 is 2.42 bits per heavy atom. The number of para-hydroxylation sites is 1. The van der Waals surface area contributed by atoms with Gasteiger partial charge in [0.2, 0.25) is 5.91 Å². The summed E-state index contributed by atoms with van der Waals surface area (Å²) in [6, 6.07) is 15.1. The Morgan fingerprint density at radius 1 is 1.08 bits per heavy atom. The van der Waals surface area contributed by atoms with Crippen molar-refractivity contribution >= 4 is 44.8 Å². The summed E-state index contributed by atoms with van der Waals surface area (Å²) in [5.74, 6) is 0.0838. The van der Waals surface area contributed by atoms with E-state index >= 15 is 0 Å². The van der Waals surface area contributed by atoms with Crippen molar-refractivity contribution in [3.8, 4) is 0 Å². The quantitative estimate of drug-likeness (QED) is 0.820. The largest absolute Gasteiger partial charge is 0.324 e. The van der Waals surface area contributed by atoms with E-state index in [0.29, 0.717) is 18.1 Å². The van der Waals surface area contributed by atoms with Gasteiger partial charge in [0.15, 0.2) is 9.84 Å². The summed E-state index contributed by atoms with van der Waals surface area (Å²) < 4.78 is 22.9. The lowest BCUT2D eigenvalue weighted by Crippen LogP contribution is -2.43. The standard InChI is InChI=1S/C18H19ClN2O3S2/c19-14-5-7-15(8-6-14)25-17-4-2-1-3-16(17)20-18(22)13-21-9-11-26(23,24)12-10-21/h1-8H,9-13H2,(H,20,22). The Morgan fingerprint density at radius 2 is 1.73 bits per heavy atom. The van der Waals surface area contributed by atoms with Crippen molar-refractivity contribution < 1.29 is 13.2 Å². The van der Waals surface area contributed by atoms with E-state index in [0.717, 1.165) is 15.5 Å². The molecule has 26 heavy (non-hydrogen) atoms. The third kappa shape index (κ3) is 5.48. The fraction of sp³-hybridized carbons (Fsp3) is 0.278. The Balaban J connectivity index is 1.62. The molecule has 0 radical (unpaired) electrons. The molecule has 1 fully saturated rings. The number of anilines is 1. The van der Waals surface area contributed by atoms with Crippen molar-refractivity contribution in [1.29, 1.82) is 0 Å². The second kappa shape index (κ2) is 8.43. The van der Waals surface area contributed by atoms with Crippen LogP contribution in [0.15, 0.2) is 58.3 Å². The first-order valence-electron chi connectivity index (χ1n) is 8.16. The number of amides is 1. The Bertz CT molecular complexity index is 872. The predicted molar refractivity (Wildman–Crippen MR) is 106 cm³/mol. The molecule has 0 aliphatic carbocycles. The smallest absolute Gasteiger partial charge is 0.238 e. The lowest BCUT2D eigenvalue weighted by molar-refractivity contribution is -0.117. The van der Waals surface area contributed by atoms with Crippen LogP contribution >= 0.6 is 23.4 Å². The van der Waals surface area contributed by atoms with Gasteiger partial charge in [0.05, 0.1) is 23.7 Å². The zero-order valence-corrected chi connectivity index (χ0v) is 16.4. The first-order valence-corrected chi connectivity index (χ1v) is 11.2. The number of carbonyl (C=O) groups is 1. The van der Waals surface area contributed by atoms with Gasteiger partial charge >= 0.3 is 0 Å². The summed E-state index contributed by atoms with van der Waals surface area (Å²) in [5, 5.41) is 3.61. The molecular formula is C18H19ClN2O3S2. The lowest BCUT2D eigenvalue weighted by atomic mass is 10.3. The highest BCUT2D eigenvalue weighted by molar-refractivity contribution is 7.99. The highest BCUT2D eigenvalue weighted by Crippen LogP contribution is 2.33. The minimum atomic E-state index is -2.94. The maximum atomic E-state index is 12.4. The van der Waals surface area contributed by atoms with Gasteiger partial charge in [-0.05, 0) is 36.4 Å². The molecule has 0 unspecified atom stereocenters. The lowest BCUT2D eigenvalue weighted by Gasteiger charge is -2.25. The van der Waals surface area contributed by atoms with Gasteiger partial charge in [-0.25, -0.2) is 8.42 Å². The van der Waals surface area contributed by atoms with E-state index in [1.807, 2.05) is 53.4 Å². The molecule has 2 aromatic carbocycles. The Kier molecular flexibility index (Phi) is 6.24. The number of sulfone groups is 1. The normalized spacial score (nSPS) is 17.0. The van der Waals surface area contributed by atoms with E-state index in [1.165, 1.54) is 0 Å². The molecule has 0 aromatic heterocycles. The van der Waals surface area contributed by atoms with E-state index in [9.17, 15) is 13.2 Å². The van der Waals surface area contributed by atoms with Crippen molar-refractivity contribution in [3.63, 3.8) is 0 Å². The molecule has 0 bridgehead atoms. The topological polar surface area (TPSA) is 66.5 Å². The Labute approximate surface area is 162 Å². The van der Waals surface area contributed by atoms with Crippen LogP contribution in [-0.4, -0.2) is 50.4 Å². The molecule has 3 rings (SSSR count). The fourth-order valence-corrected chi connectivity index (χ4v) is 4.89. The molecule has 1 aliphatic rings. The highest BCUT2D eigenvalue weighted by atomic mass is 35.5. The number of hydrogen-bond acceptors (Lipinski definition) is 5. The average Bonchev–Trinajstić information content (AvgIpc) is 2.60. The van der Waals surface area contributed by atoms with Gasteiger partial charge in [0.25, 0.3) is 0 Å². The van der Waals surface area contributed by atoms with Gasteiger partial charge in [-0.3, -0.25) is 9.69 Å². The molecule has 1 heterocycles. The number of benzene rings is 2. The van der Waals surface area contributed by atoms with E-state index in [1.54, 1.807) is 11.8 Å². The summed E-state index contributed by atoms with van der Waals surface area (Å²) in [6.07, 6.45) is 0. The van der Waals surface area contributed by atoms with Crippen LogP contribution in [-0.2, 0) is 14.6 Å². The molecule has 1 N–H and O–H groups in total. The van der Waals surface area contributed by atoms with Crippen LogP contribution in [0.1, 0.15) is 0 Å². The molecule has 0 saturated carbocycles. The summed E-state index contributed by atoms with van der Waals surface area (Å²) in [4.78, 5) is 16.2. The molecule has 0 spiro atoms. The highest BCUT2D eigenvalue weighted by Gasteiger charge is 2.23. The summed E-state index contributed by atoms with van der Waals surface area (Å²) in [6.45, 7) is 0.989. The second-order valence-corrected chi connectivity index (χ2v) is 9.88. The van der Waals surface area contributed by atoms with Crippen molar-refractivity contribution in [2.45, 2.75) is 9.79 Å². The van der Waals surface area contributed by atoms with Crippen LogP contribution < -0.4 is 5.32 Å². The number of rotatable bonds is 5. The zero-order chi connectivity index (χ0) is 18.6. The van der Waals surface area contributed by atoms with Gasteiger partial charge < -0.3 is 5.32 Å². The molecule has 2 aromatic rings. The van der Waals surface area contributed by atoms with Gasteiger partial charge in [-0.15, -0.1) is 0 Å². The number of nitrogens with zero attached hydrogens (tertiary/aromatic N) is 1. The van der Waals surface area contributed by atoms with Crippen LogP contribution in [0.25, 0.3) is 0 Å². The molecule has 0 atom stereocenters. The first kappa shape index (κ1) is 19.2. The molecule has 1 amide bonds. The van der Waals surface area contributed by atoms with Crippen LogP contribution in [0.5, 0.6) is 0 Å². The van der Waals surface area contributed by atoms with Gasteiger partial charge in [0.1, 0.15) is 0 Å². The van der Waals surface area contributed by atoms with Crippen LogP contribution in [0.2, 0.25) is 5.02 Å². The first-order chi connectivity index (χ1) is 12.4. The minimum Gasteiger partial charge on any atom is -0.324 e. The van der Waals surface area contributed by atoms with Crippen molar-refractivity contribution in [3.05, 3.63) is 53.6 Å². The second-order valence-electron chi connectivity index (χ2n) is 6.03. The van der Waals surface area contributed by atoms with Crippen molar-refractivity contribution in [2.75, 3.05) is 36.5 Å². The third-order valence-electron chi connectivity index (χ3n) is 4.01. The minimum absolute atomic E-state index is 0.114. The third-order valence-corrected chi connectivity index (χ3v) is 6.95. The van der Waals surface area contributed by atoms with E-state index in [-0.39, 0.29) is 24.0 Å². The number of halogens is 1. The number of hydrogen-bond donors (Lipinski definition) is 1. The monoisotopic (exact) mass is 410 g/mol. The van der Waals surface area contributed by atoms with Crippen molar-refractivity contribution in [1.82, 2.24) is 4.90 Å².